The Balaban J connectivity index is 2.35. The predicted molar refractivity (Wildman–Crippen MR) is 72.7 cm³/mol. The first-order valence-electron chi connectivity index (χ1n) is 5.48. The van der Waals surface area contributed by atoms with Gasteiger partial charge in [-0.05, 0) is 43.2 Å². The molecule has 3 heteroatoms. The summed E-state index contributed by atoms with van der Waals surface area (Å²) in [7, 11) is 1.68. The van der Waals surface area contributed by atoms with E-state index in [4.69, 9.17) is 27.9 Å². The van der Waals surface area contributed by atoms with E-state index in [1.807, 2.05) is 12.1 Å². The van der Waals surface area contributed by atoms with Gasteiger partial charge >= 0.3 is 0 Å². The van der Waals surface area contributed by atoms with Crippen LogP contribution in [0, 0.1) is 0 Å². The molecule has 0 N–H and O–H groups in total. The molecule has 1 aromatic rings. The minimum atomic E-state index is 0.264. The molecule has 0 aromatic heterocycles. The van der Waals surface area contributed by atoms with Gasteiger partial charge in [0.15, 0.2) is 0 Å². The fourth-order valence-corrected chi connectivity index (χ4v) is 2.63. The monoisotopic (exact) mass is 268 g/mol. The second-order valence-corrected chi connectivity index (χ2v) is 5.08. The summed E-state index contributed by atoms with van der Waals surface area (Å²) >= 11 is 12.1. The third kappa shape index (κ3) is 2.85. The second kappa shape index (κ2) is 5.16. The number of halogens is 2. The van der Waals surface area contributed by atoms with Crippen molar-refractivity contribution in [2.24, 2.45) is 0 Å². The van der Waals surface area contributed by atoms with Crippen molar-refractivity contribution in [3.05, 3.63) is 57.3 Å². The minimum Gasteiger partial charge on any atom is -0.497 e. The van der Waals surface area contributed by atoms with E-state index in [-0.39, 0.29) is 5.92 Å². The van der Waals surface area contributed by atoms with E-state index in [1.165, 1.54) is 5.57 Å². The van der Waals surface area contributed by atoms with Gasteiger partial charge in [0.2, 0.25) is 0 Å². The van der Waals surface area contributed by atoms with Gasteiger partial charge in [0.25, 0.3) is 0 Å². The van der Waals surface area contributed by atoms with E-state index in [0.717, 1.165) is 17.7 Å². The summed E-state index contributed by atoms with van der Waals surface area (Å²) in [5.74, 6) is 1.16. The number of hydrogen-bond donors (Lipinski definition) is 0. The second-order valence-electron chi connectivity index (χ2n) is 4.24. The molecule has 0 saturated carbocycles. The lowest BCUT2D eigenvalue weighted by atomic mass is 9.88. The SMILES string of the molecule is COC1=CC(c2ccc(Cl)cc2Cl)CC(C)=C1. The van der Waals surface area contributed by atoms with Gasteiger partial charge in [0, 0.05) is 16.0 Å². The van der Waals surface area contributed by atoms with Crippen molar-refractivity contribution in [2.45, 2.75) is 19.3 Å². The lowest BCUT2D eigenvalue weighted by Gasteiger charge is -2.20. The van der Waals surface area contributed by atoms with Crippen LogP contribution >= 0.6 is 23.2 Å². The Morgan fingerprint density at radius 2 is 2.06 bits per heavy atom. The summed E-state index contributed by atoms with van der Waals surface area (Å²) in [4.78, 5) is 0. The van der Waals surface area contributed by atoms with E-state index < -0.39 is 0 Å². The molecular weight excluding hydrogens is 255 g/mol. The van der Waals surface area contributed by atoms with Crippen LogP contribution in [-0.4, -0.2) is 7.11 Å². The number of ether oxygens (including phenoxy) is 1. The summed E-state index contributed by atoms with van der Waals surface area (Å²) in [6, 6.07) is 5.64. The largest absolute Gasteiger partial charge is 0.497 e. The highest BCUT2D eigenvalue weighted by molar-refractivity contribution is 6.35. The van der Waals surface area contributed by atoms with Crippen LogP contribution in [0.2, 0.25) is 10.0 Å². The first kappa shape index (κ1) is 12.5. The van der Waals surface area contributed by atoms with Crippen LogP contribution in [0.5, 0.6) is 0 Å². The molecule has 1 aliphatic carbocycles. The maximum absolute atomic E-state index is 6.23. The van der Waals surface area contributed by atoms with E-state index in [9.17, 15) is 0 Å². The standard InChI is InChI=1S/C14H14Cl2O/c1-9-5-10(7-12(6-9)17-2)13-4-3-11(15)8-14(13)16/h3-4,6-8,10H,5H2,1-2H3. The van der Waals surface area contributed by atoms with Gasteiger partial charge in [-0.2, -0.15) is 0 Å². The molecule has 1 unspecified atom stereocenters. The average Bonchev–Trinajstić information content (AvgIpc) is 2.28. The molecule has 17 heavy (non-hydrogen) atoms. The van der Waals surface area contributed by atoms with Gasteiger partial charge in [-0.3, -0.25) is 0 Å². The Morgan fingerprint density at radius 3 is 2.71 bits per heavy atom. The summed E-state index contributed by atoms with van der Waals surface area (Å²) < 4.78 is 5.29. The maximum Gasteiger partial charge on any atom is 0.115 e. The maximum atomic E-state index is 6.23. The summed E-state index contributed by atoms with van der Waals surface area (Å²) in [5, 5.41) is 1.38. The van der Waals surface area contributed by atoms with E-state index in [2.05, 4.69) is 19.1 Å². The molecule has 0 saturated heterocycles. The molecule has 0 spiro atoms. The van der Waals surface area contributed by atoms with Gasteiger partial charge in [-0.15, -0.1) is 0 Å². The molecule has 90 valence electrons. The fourth-order valence-electron chi connectivity index (χ4n) is 2.08. The van der Waals surface area contributed by atoms with E-state index in [0.29, 0.717) is 10.0 Å². The molecule has 1 aliphatic rings. The summed E-state index contributed by atoms with van der Waals surface area (Å²) in [6.45, 7) is 2.10. The topological polar surface area (TPSA) is 9.23 Å². The minimum absolute atomic E-state index is 0.264. The predicted octanol–water partition coefficient (Wildman–Crippen LogP) is 4.96. The average molecular weight is 269 g/mol. The lowest BCUT2D eigenvalue weighted by Crippen LogP contribution is -2.04. The number of rotatable bonds is 2. The molecule has 0 bridgehead atoms. The van der Waals surface area contributed by atoms with Crippen LogP contribution in [0.3, 0.4) is 0 Å². The Bertz CT molecular complexity index is 489. The Kier molecular flexibility index (Phi) is 3.80. The Hall–Kier alpha value is -0.920. The van der Waals surface area contributed by atoms with Gasteiger partial charge < -0.3 is 4.74 Å². The molecule has 1 aromatic carbocycles. The Labute approximate surface area is 112 Å². The van der Waals surface area contributed by atoms with Crippen molar-refractivity contribution in [1.82, 2.24) is 0 Å². The van der Waals surface area contributed by atoms with E-state index in [1.54, 1.807) is 13.2 Å². The molecule has 0 amide bonds. The van der Waals surface area contributed by atoms with Crippen molar-refractivity contribution in [3.8, 4) is 0 Å². The van der Waals surface area contributed by atoms with Crippen molar-refractivity contribution < 1.29 is 4.74 Å². The molecule has 0 aliphatic heterocycles. The quantitative estimate of drug-likeness (QED) is 0.737. The molecule has 1 nitrogen and oxygen atoms in total. The normalized spacial score (nSPS) is 19.6. The molecule has 1 atom stereocenters. The van der Waals surface area contributed by atoms with Crippen LogP contribution < -0.4 is 0 Å². The molecule has 0 heterocycles. The zero-order valence-electron chi connectivity index (χ0n) is 9.84. The van der Waals surface area contributed by atoms with Gasteiger partial charge in [0.05, 0.1) is 7.11 Å². The number of benzene rings is 1. The highest BCUT2D eigenvalue weighted by atomic mass is 35.5. The highest BCUT2D eigenvalue weighted by Gasteiger charge is 2.18. The van der Waals surface area contributed by atoms with Crippen LogP contribution in [0.1, 0.15) is 24.8 Å². The van der Waals surface area contributed by atoms with Gasteiger partial charge in [-0.1, -0.05) is 34.8 Å². The molecular formula is C14H14Cl2O. The number of allylic oxidation sites excluding steroid dienone is 3. The summed E-state index contributed by atoms with van der Waals surface area (Å²) in [5.41, 5.74) is 2.39. The Morgan fingerprint density at radius 1 is 1.29 bits per heavy atom. The lowest BCUT2D eigenvalue weighted by molar-refractivity contribution is 0.301. The van der Waals surface area contributed by atoms with Gasteiger partial charge in [-0.25, -0.2) is 0 Å². The number of hydrogen-bond acceptors (Lipinski definition) is 1. The van der Waals surface area contributed by atoms with Crippen LogP contribution in [0.4, 0.5) is 0 Å². The molecule has 0 fully saturated rings. The van der Waals surface area contributed by atoms with Crippen LogP contribution in [-0.2, 0) is 4.74 Å². The smallest absolute Gasteiger partial charge is 0.115 e. The zero-order valence-corrected chi connectivity index (χ0v) is 11.3. The van der Waals surface area contributed by atoms with Crippen molar-refractivity contribution >= 4 is 23.2 Å². The number of methoxy groups -OCH3 is 1. The van der Waals surface area contributed by atoms with E-state index >= 15 is 0 Å². The van der Waals surface area contributed by atoms with Crippen molar-refractivity contribution in [1.29, 1.82) is 0 Å². The van der Waals surface area contributed by atoms with Crippen LogP contribution in [0.15, 0.2) is 41.7 Å². The van der Waals surface area contributed by atoms with Gasteiger partial charge in [0.1, 0.15) is 5.76 Å². The molecule has 2 rings (SSSR count). The first-order valence-corrected chi connectivity index (χ1v) is 6.23. The third-order valence-electron chi connectivity index (χ3n) is 2.89. The van der Waals surface area contributed by atoms with Crippen LogP contribution in [0.25, 0.3) is 0 Å². The molecule has 0 radical (unpaired) electrons. The van der Waals surface area contributed by atoms with Crippen molar-refractivity contribution in [2.75, 3.05) is 7.11 Å². The zero-order chi connectivity index (χ0) is 12.4. The first-order chi connectivity index (χ1) is 8.10. The van der Waals surface area contributed by atoms with Crippen molar-refractivity contribution in [3.63, 3.8) is 0 Å². The summed E-state index contributed by atoms with van der Waals surface area (Å²) in [6.07, 6.45) is 5.12. The highest BCUT2D eigenvalue weighted by Crippen LogP contribution is 2.35. The third-order valence-corrected chi connectivity index (χ3v) is 3.46. The fraction of sp³-hybridized carbons (Fsp3) is 0.286.